The van der Waals surface area contributed by atoms with Gasteiger partial charge >= 0.3 is 0 Å². The van der Waals surface area contributed by atoms with Crippen LogP contribution < -0.4 is 4.74 Å². The Morgan fingerprint density at radius 3 is 2.53 bits per heavy atom. The maximum absolute atomic E-state index is 12.4. The van der Waals surface area contributed by atoms with E-state index in [0.29, 0.717) is 20.6 Å². The van der Waals surface area contributed by atoms with Gasteiger partial charge in [0, 0.05) is 15.6 Å². The summed E-state index contributed by atoms with van der Waals surface area (Å²) in [6.07, 6.45) is 0. The third kappa shape index (κ3) is 2.99. The number of rotatable bonds is 3. The highest BCUT2D eigenvalue weighted by atomic mass is 79.9. The molecule has 0 heterocycles. The standard InChI is InChI=1S/C15H12BrClO2/c1-9-7-11(19-2)4-5-12(9)15(18)10-3-6-14(17)13(16)8-10/h3-8H,1-2H3. The van der Waals surface area contributed by atoms with Crippen molar-refractivity contribution in [2.45, 2.75) is 6.92 Å². The Labute approximate surface area is 125 Å². The van der Waals surface area contributed by atoms with Crippen LogP contribution in [0.1, 0.15) is 21.5 Å². The van der Waals surface area contributed by atoms with Crippen LogP contribution >= 0.6 is 27.5 Å². The maximum Gasteiger partial charge on any atom is 0.193 e. The molecule has 4 heteroatoms. The summed E-state index contributed by atoms with van der Waals surface area (Å²) in [5, 5.41) is 0.586. The molecule has 0 aromatic heterocycles. The smallest absolute Gasteiger partial charge is 0.193 e. The number of carbonyl (C=O) groups is 1. The van der Waals surface area contributed by atoms with Crippen molar-refractivity contribution < 1.29 is 9.53 Å². The molecule has 0 unspecified atom stereocenters. The summed E-state index contributed by atoms with van der Waals surface area (Å²) in [5.74, 6) is 0.712. The van der Waals surface area contributed by atoms with E-state index in [-0.39, 0.29) is 5.78 Å². The van der Waals surface area contributed by atoms with Gasteiger partial charge in [0.25, 0.3) is 0 Å². The molecule has 2 aromatic carbocycles. The number of hydrogen-bond acceptors (Lipinski definition) is 2. The summed E-state index contributed by atoms with van der Waals surface area (Å²) in [6, 6.07) is 10.6. The lowest BCUT2D eigenvalue weighted by molar-refractivity contribution is 0.103. The van der Waals surface area contributed by atoms with Crippen LogP contribution in [0.2, 0.25) is 5.02 Å². The van der Waals surface area contributed by atoms with Gasteiger partial charge in [0.2, 0.25) is 0 Å². The average Bonchev–Trinajstić information content (AvgIpc) is 2.41. The van der Waals surface area contributed by atoms with Gasteiger partial charge < -0.3 is 4.74 Å². The molecule has 0 saturated carbocycles. The molecule has 0 N–H and O–H groups in total. The molecule has 0 fully saturated rings. The largest absolute Gasteiger partial charge is 0.497 e. The van der Waals surface area contributed by atoms with Crippen LogP contribution in [0.4, 0.5) is 0 Å². The van der Waals surface area contributed by atoms with E-state index in [9.17, 15) is 4.79 Å². The van der Waals surface area contributed by atoms with E-state index in [1.54, 1.807) is 37.4 Å². The van der Waals surface area contributed by atoms with Crippen LogP contribution in [-0.2, 0) is 0 Å². The minimum Gasteiger partial charge on any atom is -0.497 e. The summed E-state index contributed by atoms with van der Waals surface area (Å²) in [6.45, 7) is 1.89. The third-order valence-electron chi connectivity index (χ3n) is 2.86. The Hall–Kier alpha value is -1.32. The Kier molecular flexibility index (Phi) is 4.27. The molecule has 0 bridgehead atoms. The minimum absolute atomic E-state index is 0.0301. The zero-order valence-electron chi connectivity index (χ0n) is 10.5. The molecule has 0 aliphatic carbocycles. The number of ether oxygens (including phenoxy) is 1. The minimum atomic E-state index is -0.0301. The number of ketones is 1. The van der Waals surface area contributed by atoms with E-state index in [1.807, 2.05) is 13.0 Å². The number of halogens is 2. The summed E-state index contributed by atoms with van der Waals surface area (Å²) in [7, 11) is 1.60. The van der Waals surface area contributed by atoms with Crippen LogP contribution in [0.5, 0.6) is 5.75 Å². The number of benzene rings is 2. The predicted octanol–water partition coefficient (Wildman–Crippen LogP) is 4.65. The first-order valence-electron chi connectivity index (χ1n) is 5.67. The molecule has 2 rings (SSSR count). The Bertz CT molecular complexity index is 638. The predicted molar refractivity (Wildman–Crippen MR) is 80.3 cm³/mol. The fourth-order valence-electron chi connectivity index (χ4n) is 1.81. The summed E-state index contributed by atoms with van der Waals surface area (Å²) >= 11 is 9.25. The van der Waals surface area contributed by atoms with E-state index >= 15 is 0 Å². The molecular formula is C15H12BrClO2. The van der Waals surface area contributed by atoms with Gasteiger partial charge in [-0.3, -0.25) is 4.79 Å². The van der Waals surface area contributed by atoms with E-state index in [0.717, 1.165) is 11.3 Å². The molecule has 98 valence electrons. The van der Waals surface area contributed by atoms with Crippen molar-refractivity contribution in [3.05, 3.63) is 62.6 Å². The quantitative estimate of drug-likeness (QED) is 0.761. The molecule has 0 saturated heterocycles. The zero-order valence-corrected chi connectivity index (χ0v) is 12.9. The fraction of sp³-hybridized carbons (Fsp3) is 0.133. The Morgan fingerprint density at radius 1 is 1.21 bits per heavy atom. The highest BCUT2D eigenvalue weighted by Crippen LogP contribution is 2.26. The number of hydrogen-bond donors (Lipinski definition) is 0. The van der Waals surface area contributed by atoms with E-state index < -0.39 is 0 Å². The lowest BCUT2D eigenvalue weighted by Crippen LogP contribution is -2.04. The van der Waals surface area contributed by atoms with Crippen molar-refractivity contribution in [1.82, 2.24) is 0 Å². The van der Waals surface area contributed by atoms with Gasteiger partial charge in [0.1, 0.15) is 5.75 Å². The normalized spacial score (nSPS) is 10.3. The van der Waals surface area contributed by atoms with Crippen molar-refractivity contribution in [2.75, 3.05) is 7.11 Å². The average molecular weight is 340 g/mol. The maximum atomic E-state index is 12.4. The van der Waals surface area contributed by atoms with Crippen molar-refractivity contribution in [1.29, 1.82) is 0 Å². The van der Waals surface area contributed by atoms with Gasteiger partial charge in [-0.25, -0.2) is 0 Å². The van der Waals surface area contributed by atoms with Gasteiger partial charge in [0.05, 0.1) is 12.1 Å². The van der Waals surface area contributed by atoms with Crippen LogP contribution in [0.25, 0.3) is 0 Å². The highest BCUT2D eigenvalue weighted by Gasteiger charge is 2.13. The molecule has 19 heavy (non-hydrogen) atoms. The monoisotopic (exact) mass is 338 g/mol. The molecule has 2 aromatic rings. The second-order valence-electron chi connectivity index (χ2n) is 4.14. The molecule has 2 nitrogen and oxygen atoms in total. The van der Waals surface area contributed by atoms with Crippen LogP contribution in [0, 0.1) is 6.92 Å². The molecular weight excluding hydrogens is 328 g/mol. The molecule has 0 aliphatic heterocycles. The summed E-state index contributed by atoms with van der Waals surface area (Å²) < 4.78 is 5.85. The first-order valence-corrected chi connectivity index (χ1v) is 6.84. The van der Waals surface area contributed by atoms with E-state index in [1.165, 1.54) is 0 Å². The molecule has 0 spiro atoms. The van der Waals surface area contributed by atoms with E-state index in [4.69, 9.17) is 16.3 Å². The van der Waals surface area contributed by atoms with Crippen molar-refractivity contribution in [3.63, 3.8) is 0 Å². The van der Waals surface area contributed by atoms with Crippen LogP contribution in [-0.4, -0.2) is 12.9 Å². The summed E-state index contributed by atoms with van der Waals surface area (Å²) in [4.78, 5) is 12.4. The Morgan fingerprint density at radius 2 is 1.95 bits per heavy atom. The van der Waals surface area contributed by atoms with Gasteiger partial charge in [-0.1, -0.05) is 11.6 Å². The number of aryl methyl sites for hydroxylation is 1. The fourth-order valence-corrected chi connectivity index (χ4v) is 2.31. The van der Waals surface area contributed by atoms with Crippen molar-refractivity contribution >= 4 is 33.3 Å². The van der Waals surface area contributed by atoms with Gasteiger partial charge in [-0.15, -0.1) is 0 Å². The van der Waals surface area contributed by atoms with E-state index in [2.05, 4.69) is 15.9 Å². The first kappa shape index (κ1) is 14.1. The number of carbonyl (C=O) groups excluding carboxylic acids is 1. The van der Waals surface area contributed by atoms with Gasteiger partial charge in [-0.2, -0.15) is 0 Å². The lowest BCUT2D eigenvalue weighted by Gasteiger charge is -2.08. The number of methoxy groups -OCH3 is 1. The molecule has 0 aliphatic rings. The lowest BCUT2D eigenvalue weighted by atomic mass is 9.99. The highest BCUT2D eigenvalue weighted by molar-refractivity contribution is 9.10. The van der Waals surface area contributed by atoms with Crippen LogP contribution in [0.15, 0.2) is 40.9 Å². The van der Waals surface area contributed by atoms with Gasteiger partial charge in [-0.05, 0) is 64.8 Å². The zero-order chi connectivity index (χ0) is 14.0. The molecule has 0 atom stereocenters. The molecule has 0 amide bonds. The first-order chi connectivity index (χ1) is 9.02. The second kappa shape index (κ2) is 5.76. The SMILES string of the molecule is COc1ccc(C(=O)c2ccc(Cl)c(Br)c2)c(C)c1. The third-order valence-corrected chi connectivity index (χ3v) is 4.07. The van der Waals surface area contributed by atoms with Crippen LogP contribution in [0.3, 0.4) is 0 Å². The van der Waals surface area contributed by atoms with Crippen molar-refractivity contribution in [3.8, 4) is 5.75 Å². The second-order valence-corrected chi connectivity index (χ2v) is 5.40. The van der Waals surface area contributed by atoms with Crippen molar-refractivity contribution in [2.24, 2.45) is 0 Å². The molecule has 0 radical (unpaired) electrons. The summed E-state index contributed by atoms with van der Waals surface area (Å²) in [5.41, 5.74) is 2.15. The van der Waals surface area contributed by atoms with Gasteiger partial charge in [0.15, 0.2) is 5.78 Å². The Balaban J connectivity index is 2.41. The topological polar surface area (TPSA) is 26.3 Å².